The van der Waals surface area contributed by atoms with E-state index in [9.17, 15) is 18.0 Å². The quantitative estimate of drug-likeness (QED) is 0.558. The third kappa shape index (κ3) is 5.06. The molecule has 7 nitrogen and oxygen atoms in total. The number of hydrogen-bond donors (Lipinski definition) is 1. The summed E-state index contributed by atoms with van der Waals surface area (Å²) in [7, 11) is 1.62. The Morgan fingerprint density at radius 2 is 1.94 bits per heavy atom. The summed E-state index contributed by atoms with van der Waals surface area (Å²) in [4.78, 5) is 19.2. The fraction of sp³-hybridized carbons (Fsp3) is 0.375. The van der Waals surface area contributed by atoms with Crippen LogP contribution in [0.2, 0.25) is 0 Å². The molecule has 1 N–H and O–H groups in total. The fourth-order valence-electron chi connectivity index (χ4n) is 4.19. The number of alkyl halides is 3. The summed E-state index contributed by atoms with van der Waals surface area (Å²) in [5.41, 5.74) is 1.05. The molecule has 1 unspecified atom stereocenters. The third-order valence-electron chi connectivity index (χ3n) is 6.06. The highest BCUT2D eigenvalue weighted by Gasteiger charge is 2.31. The number of benzene rings is 1. The number of methoxy groups -OCH3 is 1. The van der Waals surface area contributed by atoms with Crippen LogP contribution in [-0.4, -0.2) is 52.3 Å². The van der Waals surface area contributed by atoms with Gasteiger partial charge in [-0.3, -0.25) is 9.69 Å². The van der Waals surface area contributed by atoms with E-state index in [2.05, 4.69) is 20.3 Å². The maximum atomic E-state index is 13.0. The molecule has 4 rings (SSSR count). The van der Waals surface area contributed by atoms with Crippen LogP contribution in [0, 0.1) is 6.92 Å². The molecule has 0 radical (unpaired) electrons. The molecular formula is C24H26F3N5O2. The van der Waals surface area contributed by atoms with E-state index in [4.69, 9.17) is 4.74 Å². The molecule has 180 valence electrons. The van der Waals surface area contributed by atoms with Crippen molar-refractivity contribution in [3.8, 4) is 11.6 Å². The number of likely N-dealkylation sites (tertiary alicyclic amines) is 1. The molecule has 34 heavy (non-hydrogen) atoms. The Balaban J connectivity index is 1.50. The fourth-order valence-corrected chi connectivity index (χ4v) is 4.19. The molecule has 0 spiro atoms. The Labute approximate surface area is 195 Å². The minimum Gasteiger partial charge on any atom is -0.497 e. The van der Waals surface area contributed by atoms with E-state index in [0.717, 1.165) is 49.5 Å². The summed E-state index contributed by atoms with van der Waals surface area (Å²) in [6.45, 7) is 3.99. The van der Waals surface area contributed by atoms with Crippen LogP contribution >= 0.6 is 0 Å². The van der Waals surface area contributed by atoms with Crippen LogP contribution in [0.1, 0.15) is 46.1 Å². The van der Waals surface area contributed by atoms with Gasteiger partial charge < -0.3 is 10.1 Å². The first-order valence-electron chi connectivity index (χ1n) is 11.0. The van der Waals surface area contributed by atoms with Gasteiger partial charge in [-0.05, 0) is 62.7 Å². The van der Waals surface area contributed by atoms with Crippen LogP contribution in [0.25, 0.3) is 5.82 Å². The SMILES string of the molecule is COc1cccc(C(CNC(=O)c2cnn(-c3ccc(C(F)(F)F)cn3)c2C)N2CCCC2)c1. The molecule has 0 bridgehead atoms. The lowest BCUT2D eigenvalue weighted by molar-refractivity contribution is -0.137. The molecule has 1 aromatic carbocycles. The first-order valence-corrected chi connectivity index (χ1v) is 11.0. The predicted octanol–water partition coefficient (Wildman–Crippen LogP) is 4.17. The smallest absolute Gasteiger partial charge is 0.417 e. The van der Waals surface area contributed by atoms with Gasteiger partial charge in [-0.2, -0.15) is 18.3 Å². The molecule has 3 heterocycles. The molecule has 1 atom stereocenters. The topological polar surface area (TPSA) is 72.3 Å². The number of carbonyl (C=O) groups is 1. The molecule has 1 aliphatic heterocycles. The van der Waals surface area contributed by atoms with E-state index in [1.165, 1.54) is 16.9 Å². The van der Waals surface area contributed by atoms with Gasteiger partial charge in [-0.15, -0.1) is 0 Å². The Morgan fingerprint density at radius 3 is 2.59 bits per heavy atom. The third-order valence-corrected chi connectivity index (χ3v) is 6.06. The molecule has 0 saturated carbocycles. The lowest BCUT2D eigenvalue weighted by Crippen LogP contribution is -2.37. The number of nitrogens with zero attached hydrogens (tertiary/aromatic N) is 4. The van der Waals surface area contributed by atoms with Crippen molar-refractivity contribution in [2.75, 3.05) is 26.7 Å². The monoisotopic (exact) mass is 473 g/mol. The van der Waals surface area contributed by atoms with Gasteiger partial charge in [0.25, 0.3) is 5.91 Å². The number of rotatable bonds is 7. The van der Waals surface area contributed by atoms with Crippen LogP contribution in [0.5, 0.6) is 5.75 Å². The van der Waals surface area contributed by atoms with Crippen molar-refractivity contribution in [2.24, 2.45) is 0 Å². The zero-order valence-corrected chi connectivity index (χ0v) is 19.0. The Bertz CT molecular complexity index is 1140. The maximum Gasteiger partial charge on any atom is 0.417 e. The predicted molar refractivity (Wildman–Crippen MR) is 120 cm³/mol. The van der Waals surface area contributed by atoms with Crippen molar-refractivity contribution in [1.82, 2.24) is 25.0 Å². The number of aromatic nitrogens is 3. The molecule has 2 aromatic heterocycles. The van der Waals surface area contributed by atoms with Crippen LogP contribution in [-0.2, 0) is 6.18 Å². The molecule has 1 saturated heterocycles. The number of nitrogens with one attached hydrogen (secondary N) is 1. The molecule has 1 amide bonds. The first kappa shape index (κ1) is 23.7. The van der Waals surface area contributed by atoms with Crippen molar-refractivity contribution in [2.45, 2.75) is 32.0 Å². The van der Waals surface area contributed by atoms with Gasteiger partial charge in [0.2, 0.25) is 0 Å². The van der Waals surface area contributed by atoms with Crippen LogP contribution in [0.4, 0.5) is 13.2 Å². The van der Waals surface area contributed by atoms with Crippen LogP contribution < -0.4 is 10.1 Å². The number of amides is 1. The van der Waals surface area contributed by atoms with E-state index in [1.807, 2.05) is 24.3 Å². The van der Waals surface area contributed by atoms with Gasteiger partial charge in [-0.25, -0.2) is 9.67 Å². The number of halogens is 3. The largest absolute Gasteiger partial charge is 0.497 e. The summed E-state index contributed by atoms with van der Waals surface area (Å²) >= 11 is 0. The minimum absolute atomic E-state index is 0.00604. The highest BCUT2D eigenvalue weighted by atomic mass is 19.4. The lowest BCUT2D eigenvalue weighted by atomic mass is 10.0. The number of hydrogen-bond acceptors (Lipinski definition) is 5. The van der Waals surface area contributed by atoms with Crippen LogP contribution in [0.3, 0.4) is 0 Å². The van der Waals surface area contributed by atoms with Crippen molar-refractivity contribution in [3.63, 3.8) is 0 Å². The van der Waals surface area contributed by atoms with E-state index in [-0.39, 0.29) is 17.8 Å². The second kappa shape index (κ2) is 9.84. The van der Waals surface area contributed by atoms with E-state index in [1.54, 1.807) is 14.0 Å². The zero-order valence-electron chi connectivity index (χ0n) is 19.0. The molecule has 10 heteroatoms. The van der Waals surface area contributed by atoms with Crippen LogP contribution in [0.15, 0.2) is 48.8 Å². The Hall–Kier alpha value is -3.40. The molecule has 3 aromatic rings. The average Bonchev–Trinajstić information content (AvgIpc) is 3.49. The highest BCUT2D eigenvalue weighted by Crippen LogP contribution is 2.29. The molecule has 1 fully saturated rings. The summed E-state index contributed by atoms with van der Waals surface area (Å²) < 4.78 is 45.2. The van der Waals surface area contributed by atoms with Crippen molar-refractivity contribution in [3.05, 3.63) is 71.2 Å². The highest BCUT2D eigenvalue weighted by molar-refractivity contribution is 5.95. The number of pyridine rings is 1. The summed E-state index contributed by atoms with van der Waals surface area (Å²) in [5.74, 6) is 0.660. The normalized spacial score (nSPS) is 15.3. The second-order valence-corrected chi connectivity index (χ2v) is 8.20. The van der Waals surface area contributed by atoms with E-state index in [0.29, 0.717) is 17.8 Å². The van der Waals surface area contributed by atoms with Gasteiger partial charge >= 0.3 is 6.18 Å². The minimum atomic E-state index is -4.47. The van der Waals surface area contributed by atoms with E-state index < -0.39 is 11.7 Å². The summed E-state index contributed by atoms with van der Waals surface area (Å²) in [5, 5.41) is 7.17. The Morgan fingerprint density at radius 1 is 1.18 bits per heavy atom. The van der Waals surface area contributed by atoms with Gasteiger partial charge in [0.05, 0.1) is 36.2 Å². The summed E-state index contributed by atoms with van der Waals surface area (Å²) in [6.07, 6.45) is -0.0867. The Kier molecular flexibility index (Phi) is 6.87. The van der Waals surface area contributed by atoms with Gasteiger partial charge in [0.15, 0.2) is 5.82 Å². The number of carbonyl (C=O) groups excluding carboxylic acids is 1. The van der Waals surface area contributed by atoms with Crippen molar-refractivity contribution in [1.29, 1.82) is 0 Å². The molecular weight excluding hydrogens is 447 g/mol. The summed E-state index contributed by atoms with van der Waals surface area (Å²) in [6, 6.07) is 10.00. The van der Waals surface area contributed by atoms with E-state index >= 15 is 0 Å². The lowest BCUT2D eigenvalue weighted by Gasteiger charge is -2.28. The van der Waals surface area contributed by atoms with Gasteiger partial charge in [0.1, 0.15) is 5.75 Å². The molecule has 1 aliphatic rings. The van der Waals surface area contributed by atoms with Crippen molar-refractivity contribution >= 4 is 5.91 Å². The molecule has 0 aliphatic carbocycles. The second-order valence-electron chi connectivity index (χ2n) is 8.20. The van der Waals surface area contributed by atoms with Gasteiger partial charge in [0, 0.05) is 12.7 Å². The average molecular weight is 473 g/mol. The number of ether oxygens (including phenoxy) is 1. The standard InChI is InChI=1S/C24H26F3N5O2/c1-16-20(14-30-32(16)22-9-8-18(13-28-22)24(25,26)27)23(33)29-15-21(31-10-3-4-11-31)17-6-5-7-19(12-17)34-2/h5-9,12-14,21H,3-4,10-11,15H2,1-2H3,(H,29,33). The van der Waals surface area contributed by atoms with Gasteiger partial charge in [-0.1, -0.05) is 12.1 Å². The first-order chi connectivity index (χ1) is 16.3. The maximum absolute atomic E-state index is 13.0. The zero-order chi connectivity index (χ0) is 24.3. The van der Waals surface area contributed by atoms with Crippen molar-refractivity contribution < 1.29 is 22.7 Å².